The number of aliphatic hydroxyl groups excluding tert-OH is 1. The molecule has 0 radical (unpaired) electrons. The van der Waals surface area contributed by atoms with Crippen LogP contribution in [0.15, 0.2) is 78.6 Å². The van der Waals surface area contributed by atoms with Crippen LogP contribution in [0, 0.1) is 0 Å². The summed E-state index contributed by atoms with van der Waals surface area (Å²) in [5, 5.41) is 11.8. The number of hydrogen-bond acceptors (Lipinski definition) is 4. The summed E-state index contributed by atoms with van der Waals surface area (Å²) in [7, 11) is 0. The number of hydrogen-bond donors (Lipinski definition) is 1. The van der Waals surface area contributed by atoms with Crippen molar-refractivity contribution in [2.24, 2.45) is 0 Å². The molecular weight excluding hydrogens is 411 g/mol. The van der Waals surface area contributed by atoms with E-state index in [1.165, 1.54) is 11.1 Å². The minimum atomic E-state index is -0.899. The molecule has 5 nitrogen and oxygen atoms in total. The van der Waals surface area contributed by atoms with E-state index in [4.69, 9.17) is 23.2 Å². The van der Waals surface area contributed by atoms with Gasteiger partial charge in [0.05, 0.1) is 23.5 Å². The van der Waals surface area contributed by atoms with Gasteiger partial charge in [0, 0.05) is 21.8 Å². The number of pyridine rings is 1. The fourth-order valence-electron chi connectivity index (χ4n) is 3.35. The minimum absolute atomic E-state index is 0.0470. The molecule has 29 heavy (non-hydrogen) atoms. The molecule has 2 aromatic carbocycles. The summed E-state index contributed by atoms with van der Waals surface area (Å²) in [4.78, 5) is 31.3. The van der Waals surface area contributed by atoms with Gasteiger partial charge < -0.3 is 5.11 Å². The average molecular weight is 425 g/mol. The van der Waals surface area contributed by atoms with Crippen molar-refractivity contribution in [3.05, 3.63) is 99.8 Å². The lowest BCUT2D eigenvalue weighted by atomic mass is 9.95. The van der Waals surface area contributed by atoms with E-state index < -0.39 is 17.7 Å². The molecule has 1 amide bonds. The second-order valence-corrected chi connectivity index (χ2v) is 7.25. The Morgan fingerprint density at radius 1 is 0.966 bits per heavy atom. The molecule has 4 rings (SSSR count). The van der Waals surface area contributed by atoms with Gasteiger partial charge in [-0.1, -0.05) is 41.4 Å². The number of carbonyl (C=O) groups excluding carboxylic acids is 2. The quantitative estimate of drug-likeness (QED) is 0.364. The van der Waals surface area contributed by atoms with Crippen molar-refractivity contribution < 1.29 is 14.7 Å². The van der Waals surface area contributed by atoms with Crippen molar-refractivity contribution in [3.63, 3.8) is 0 Å². The van der Waals surface area contributed by atoms with E-state index in [9.17, 15) is 14.7 Å². The normalized spacial score (nSPS) is 18.3. The maximum atomic E-state index is 13.0. The highest BCUT2D eigenvalue weighted by atomic mass is 35.5. The van der Waals surface area contributed by atoms with Crippen LogP contribution in [0.4, 0.5) is 5.69 Å². The number of halogens is 2. The molecule has 2 heterocycles. The van der Waals surface area contributed by atoms with Crippen LogP contribution >= 0.6 is 23.2 Å². The van der Waals surface area contributed by atoms with Crippen LogP contribution in [-0.4, -0.2) is 21.8 Å². The number of anilines is 1. The smallest absolute Gasteiger partial charge is 0.300 e. The maximum Gasteiger partial charge on any atom is 0.300 e. The molecule has 0 unspecified atom stereocenters. The third-order valence-corrected chi connectivity index (χ3v) is 5.28. The monoisotopic (exact) mass is 424 g/mol. The topological polar surface area (TPSA) is 70.5 Å². The largest absolute Gasteiger partial charge is 0.507 e. The Bertz CT molecular complexity index is 1130. The lowest BCUT2D eigenvalue weighted by Gasteiger charge is -2.25. The zero-order valence-corrected chi connectivity index (χ0v) is 16.4. The highest BCUT2D eigenvalue weighted by Crippen LogP contribution is 2.43. The highest BCUT2D eigenvalue weighted by molar-refractivity contribution is 6.52. The van der Waals surface area contributed by atoms with E-state index in [0.717, 1.165) is 0 Å². The van der Waals surface area contributed by atoms with Gasteiger partial charge in [0.1, 0.15) is 5.76 Å². The Balaban J connectivity index is 1.97. The molecule has 0 bridgehead atoms. The van der Waals surface area contributed by atoms with E-state index in [1.54, 1.807) is 66.9 Å². The summed E-state index contributed by atoms with van der Waals surface area (Å²) in [6, 6.07) is 15.7. The first-order valence-corrected chi connectivity index (χ1v) is 9.46. The Labute approximate surface area is 176 Å². The molecule has 1 saturated heterocycles. The fourth-order valence-corrected chi connectivity index (χ4v) is 3.71. The number of carbonyl (C=O) groups is 2. The predicted octanol–water partition coefficient (Wildman–Crippen LogP) is 5.01. The molecular formula is C22H14Cl2N2O3. The number of benzene rings is 2. The van der Waals surface area contributed by atoms with Gasteiger partial charge in [0.15, 0.2) is 0 Å². The SMILES string of the molecule is O=C1C(=O)N(c2cccnc2)[C@@H](c2ccccc2Cl)C1=C(O)c1ccc(Cl)cc1. The van der Waals surface area contributed by atoms with Crippen molar-refractivity contribution in [2.45, 2.75) is 6.04 Å². The Kier molecular flexibility index (Phi) is 5.09. The van der Waals surface area contributed by atoms with Gasteiger partial charge in [-0.2, -0.15) is 0 Å². The van der Waals surface area contributed by atoms with E-state index in [-0.39, 0.29) is 11.3 Å². The molecule has 1 fully saturated rings. The van der Waals surface area contributed by atoms with Crippen LogP contribution in [-0.2, 0) is 9.59 Å². The second-order valence-electron chi connectivity index (χ2n) is 6.41. The number of aromatic nitrogens is 1. The number of ketones is 1. The number of rotatable bonds is 3. The van der Waals surface area contributed by atoms with Crippen molar-refractivity contribution in [1.82, 2.24) is 4.98 Å². The van der Waals surface area contributed by atoms with Crippen LogP contribution < -0.4 is 4.90 Å². The summed E-state index contributed by atoms with van der Waals surface area (Å²) in [6.45, 7) is 0. The molecule has 0 saturated carbocycles. The van der Waals surface area contributed by atoms with Crippen LogP contribution in [0.5, 0.6) is 0 Å². The first kappa shape index (κ1) is 19.2. The van der Waals surface area contributed by atoms with Gasteiger partial charge in [-0.15, -0.1) is 0 Å². The molecule has 1 N–H and O–H groups in total. The maximum absolute atomic E-state index is 13.0. The summed E-state index contributed by atoms with van der Waals surface area (Å²) in [5.74, 6) is -1.86. The molecule has 7 heteroatoms. The molecule has 3 aromatic rings. The standard InChI is InChI=1S/C22H14Cl2N2O3/c23-14-9-7-13(8-10-14)20(27)18-19(16-5-1-2-6-17(16)24)26(22(29)21(18)28)15-4-3-11-25-12-15/h1-12,19,27H/t19-/m0/s1. The first-order valence-electron chi connectivity index (χ1n) is 8.70. The molecule has 1 atom stereocenters. The number of amides is 1. The van der Waals surface area contributed by atoms with Gasteiger partial charge in [-0.3, -0.25) is 19.5 Å². The third-order valence-electron chi connectivity index (χ3n) is 4.69. The Hall–Kier alpha value is -3.15. The van der Waals surface area contributed by atoms with E-state index in [2.05, 4.69) is 4.98 Å². The zero-order chi connectivity index (χ0) is 20.5. The molecule has 1 aromatic heterocycles. The van der Waals surface area contributed by atoms with Crippen LogP contribution in [0.25, 0.3) is 5.76 Å². The highest BCUT2D eigenvalue weighted by Gasteiger charge is 2.47. The lowest BCUT2D eigenvalue weighted by molar-refractivity contribution is -0.132. The molecule has 1 aliphatic rings. The summed E-state index contributed by atoms with van der Waals surface area (Å²) in [6.07, 6.45) is 3.05. The van der Waals surface area contributed by atoms with Gasteiger partial charge in [-0.05, 0) is 48.0 Å². The number of aliphatic hydroxyl groups is 1. The van der Waals surface area contributed by atoms with Crippen molar-refractivity contribution in [3.8, 4) is 0 Å². The first-order chi connectivity index (χ1) is 14.0. The van der Waals surface area contributed by atoms with Crippen LogP contribution in [0.1, 0.15) is 17.2 Å². The summed E-state index contributed by atoms with van der Waals surface area (Å²) in [5.41, 5.74) is 1.27. The van der Waals surface area contributed by atoms with Gasteiger partial charge in [0.25, 0.3) is 11.7 Å². The number of nitrogens with zero attached hydrogens (tertiary/aromatic N) is 2. The van der Waals surface area contributed by atoms with Crippen LogP contribution in [0.2, 0.25) is 10.0 Å². The fraction of sp³-hybridized carbons (Fsp3) is 0.0455. The van der Waals surface area contributed by atoms with Crippen molar-refractivity contribution >= 4 is 46.3 Å². The summed E-state index contributed by atoms with van der Waals surface area (Å²) >= 11 is 12.3. The van der Waals surface area contributed by atoms with Crippen LogP contribution in [0.3, 0.4) is 0 Å². The molecule has 1 aliphatic heterocycles. The predicted molar refractivity (Wildman–Crippen MR) is 112 cm³/mol. The van der Waals surface area contributed by atoms with Gasteiger partial charge in [0.2, 0.25) is 0 Å². The minimum Gasteiger partial charge on any atom is -0.507 e. The molecule has 144 valence electrons. The zero-order valence-electron chi connectivity index (χ0n) is 14.9. The van der Waals surface area contributed by atoms with Gasteiger partial charge >= 0.3 is 0 Å². The van der Waals surface area contributed by atoms with Crippen molar-refractivity contribution in [1.29, 1.82) is 0 Å². The molecule has 0 spiro atoms. The van der Waals surface area contributed by atoms with E-state index in [0.29, 0.717) is 26.9 Å². The third kappa shape index (κ3) is 3.39. The number of Topliss-reactive ketones (excluding diaryl/α,β-unsaturated/α-hetero) is 1. The van der Waals surface area contributed by atoms with Gasteiger partial charge in [-0.25, -0.2) is 0 Å². The lowest BCUT2D eigenvalue weighted by Crippen LogP contribution is -2.29. The second kappa shape index (κ2) is 7.70. The van der Waals surface area contributed by atoms with E-state index in [1.807, 2.05) is 0 Å². The summed E-state index contributed by atoms with van der Waals surface area (Å²) < 4.78 is 0. The van der Waals surface area contributed by atoms with Crippen molar-refractivity contribution in [2.75, 3.05) is 4.90 Å². The molecule has 0 aliphatic carbocycles. The Morgan fingerprint density at radius 3 is 2.34 bits per heavy atom. The Morgan fingerprint density at radius 2 is 1.69 bits per heavy atom. The average Bonchev–Trinajstić information content (AvgIpc) is 3.00. The van der Waals surface area contributed by atoms with E-state index >= 15 is 0 Å².